The zero-order valence-corrected chi connectivity index (χ0v) is 12.0. The molecule has 0 saturated heterocycles. The fraction of sp³-hybridized carbons (Fsp3) is 0.0714. The third-order valence-electron chi connectivity index (χ3n) is 2.91. The van der Waals surface area contributed by atoms with Crippen LogP contribution >= 0.6 is 0 Å². The molecule has 2 heterocycles. The summed E-state index contributed by atoms with van der Waals surface area (Å²) in [5.74, 6) is 0.0444. The maximum absolute atomic E-state index is 12.5. The van der Waals surface area contributed by atoms with Crippen LogP contribution in [0.1, 0.15) is 5.69 Å². The second-order valence-corrected chi connectivity index (χ2v) is 6.11. The molecule has 1 N–H and O–H groups in total. The molecule has 0 fully saturated rings. The second-order valence-electron chi connectivity index (χ2n) is 4.46. The molecule has 3 rings (SSSR count). The van der Waals surface area contributed by atoms with Gasteiger partial charge in [-0.3, -0.25) is 4.98 Å². The molecule has 21 heavy (non-hydrogen) atoms. The van der Waals surface area contributed by atoms with Crippen LogP contribution in [0.5, 0.6) is 0 Å². The van der Waals surface area contributed by atoms with E-state index in [1.54, 1.807) is 31.3 Å². The lowest BCUT2D eigenvalue weighted by Crippen LogP contribution is -2.15. The van der Waals surface area contributed by atoms with Crippen molar-refractivity contribution in [2.75, 3.05) is 4.72 Å². The molecular weight excluding hydrogens is 288 g/mol. The Hall–Kier alpha value is -2.54. The summed E-state index contributed by atoms with van der Waals surface area (Å²) in [4.78, 5) is 12.2. The Morgan fingerprint density at radius 2 is 1.81 bits per heavy atom. The van der Waals surface area contributed by atoms with Crippen molar-refractivity contribution < 1.29 is 8.42 Å². The Balaban J connectivity index is 2.09. The Morgan fingerprint density at radius 1 is 1.00 bits per heavy atom. The van der Waals surface area contributed by atoms with E-state index in [0.717, 1.165) is 5.39 Å². The van der Waals surface area contributed by atoms with E-state index in [-0.39, 0.29) is 10.8 Å². The van der Waals surface area contributed by atoms with Gasteiger partial charge in [-0.25, -0.2) is 23.1 Å². The lowest BCUT2D eigenvalue weighted by Gasteiger charge is -2.08. The van der Waals surface area contributed by atoms with Crippen LogP contribution in [0.3, 0.4) is 0 Å². The SMILES string of the molecule is Cc1ccnc(NS(=O)(=O)c2cccc3cccnc23)n1. The van der Waals surface area contributed by atoms with Gasteiger partial charge in [0, 0.05) is 23.5 Å². The summed E-state index contributed by atoms with van der Waals surface area (Å²) in [6.07, 6.45) is 3.06. The third kappa shape index (κ3) is 2.68. The van der Waals surface area contributed by atoms with Gasteiger partial charge in [-0.2, -0.15) is 0 Å². The van der Waals surface area contributed by atoms with Crippen molar-refractivity contribution in [3.8, 4) is 0 Å². The highest BCUT2D eigenvalue weighted by atomic mass is 32.2. The molecule has 0 bridgehead atoms. The summed E-state index contributed by atoms with van der Waals surface area (Å²) >= 11 is 0. The van der Waals surface area contributed by atoms with Crippen LogP contribution < -0.4 is 4.72 Å². The Labute approximate surface area is 122 Å². The first kappa shape index (κ1) is 13.4. The van der Waals surface area contributed by atoms with Gasteiger partial charge in [0.05, 0.1) is 5.52 Å². The number of hydrogen-bond donors (Lipinski definition) is 1. The first-order valence-corrected chi connectivity index (χ1v) is 7.71. The minimum atomic E-state index is -3.79. The van der Waals surface area contributed by atoms with Gasteiger partial charge in [-0.1, -0.05) is 18.2 Å². The van der Waals surface area contributed by atoms with E-state index in [0.29, 0.717) is 11.2 Å². The second kappa shape index (κ2) is 5.10. The molecule has 0 aliphatic rings. The van der Waals surface area contributed by atoms with Crippen LogP contribution in [-0.2, 0) is 10.0 Å². The largest absolute Gasteiger partial charge is 0.266 e. The monoisotopic (exact) mass is 300 g/mol. The number of sulfonamides is 1. The predicted octanol–water partition coefficient (Wildman–Crippen LogP) is 2.13. The van der Waals surface area contributed by atoms with Crippen molar-refractivity contribution in [1.82, 2.24) is 15.0 Å². The number of hydrogen-bond acceptors (Lipinski definition) is 5. The molecule has 0 atom stereocenters. The minimum absolute atomic E-state index is 0.0444. The van der Waals surface area contributed by atoms with Crippen molar-refractivity contribution in [2.24, 2.45) is 0 Å². The Morgan fingerprint density at radius 3 is 2.62 bits per heavy atom. The van der Waals surface area contributed by atoms with Gasteiger partial charge in [-0.05, 0) is 25.1 Å². The van der Waals surface area contributed by atoms with Crippen LogP contribution in [-0.4, -0.2) is 23.4 Å². The van der Waals surface area contributed by atoms with Crippen LogP contribution in [0.15, 0.2) is 53.7 Å². The van der Waals surface area contributed by atoms with Gasteiger partial charge in [0.2, 0.25) is 5.95 Å². The summed E-state index contributed by atoms with van der Waals surface area (Å²) in [6.45, 7) is 1.76. The molecule has 7 heteroatoms. The van der Waals surface area contributed by atoms with E-state index >= 15 is 0 Å². The zero-order valence-electron chi connectivity index (χ0n) is 11.2. The van der Waals surface area contributed by atoms with Gasteiger partial charge < -0.3 is 0 Å². The molecule has 0 amide bonds. The van der Waals surface area contributed by atoms with Crippen LogP contribution in [0.2, 0.25) is 0 Å². The lowest BCUT2D eigenvalue weighted by atomic mass is 10.2. The topological polar surface area (TPSA) is 84.8 Å². The summed E-state index contributed by atoms with van der Waals surface area (Å²) in [6, 6.07) is 10.3. The Bertz CT molecular complexity index is 904. The number of anilines is 1. The fourth-order valence-electron chi connectivity index (χ4n) is 1.97. The number of para-hydroxylation sites is 1. The fourth-order valence-corrected chi connectivity index (χ4v) is 3.10. The number of benzene rings is 1. The van der Waals surface area contributed by atoms with Crippen LogP contribution in [0, 0.1) is 6.92 Å². The normalized spacial score (nSPS) is 11.5. The number of nitrogens with zero attached hydrogens (tertiary/aromatic N) is 3. The average molecular weight is 300 g/mol. The number of pyridine rings is 1. The molecule has 6 nitrogen and oxygen atoms in total. The molecule has 1 aromatic carbocycles. The van der Waals surface area contributed by atoms with Gasteiger partial charge in [-0.15, -0.1) is 0 Å². The minimum Gasteiger partial charge on any atom is -0.255 e. The van der Waals surface area contributed by atoms with Crippen molar-refractivity contribution in [3.63, 3.8) is 0 Å². The predicted molar refractivity (Wildman–Crippen MR) is 79.3 cm³/mol. The van der Waals surface area contributed by atoms with Crippen molar-refractivity contribution in [3.05, 3.63) is 54.5 Å². The van der Waals surface area contributed by atoms with E-state index in [1.165, 1.54) is 12.3 Å². The van der Waals surface area contributed by atoms with Crippen molar-refractivity contribution in [1.29, 1.82) is 0 Å². The van der Waals surface area contributed by atoms with E-state index in [1.807, 2.05) is 12.1 Å². The molecule has 0 radical (unpaired) electrons. The smallest absolute Gasteiger partial charge is 0.255 e. The highest BCUT2D eigenvalue weighted by Crippen LogP contribution is 2.22. The molecular formula is C14H12N4O2S. The highest BCUT2D eigenvalue weighted by Gasteiger charge is 2.19. The lowest BCUT2D eigenvalue weighted by molar-refractivity contribution is 0.601. The van der Waals surface area contributed by atoms with E-state index in [4.69, 9.17) is 0 Å². The maximum Gasteiger partial charge on any atom is 0.266 e. The quantitative estimate of drug-likeness (QED) is 0.801. The van der Waals surface area contributed by atoms with Crippen LogP contribution in [0.25, 0.3) is 10.9 Å². The molecule has 2 aromatic heterocycles. The zero-order chi connectivity index (χ0) is 14.9. The van der Waals surface area contributed by atoms with Gasteiger partial charge >= 0.3 is 0 Å². The number of aromatic nitrogens is 3. The van der Waals surface area contributed by atoms with Crippen molar-refractivity contribution >= 4 is 26.9 Å². The van der Waals surface area contributed by atoms with Crippen LogP contribution in [0.4, 0.5) is 5.95 Å². The van der Waals surface area contributed by atoms with E-state index in [9.17, 15) is 8.42 Å². The first-order valence-electron chi connectivity index (χ1n) is 6.22. The van der Waals surface area contributed by atoms with Gasteiger partial charge in [0.1, 0.15) is 4.90 Å². The molecule has 0 spiro atoms. The van der Waals surface area contributed by atoms with Crippen molar-refractivity contribution in [2.45, 2.75) is 11.8 Å². The summed E-state index contributed by atoms with van der Waals surface area (Å²) in [5.41, 5.74) is 1.10. The van der Waals surface area contributed by atoms with Gasteiger partial charge in [0.15, 0.2) is 0 Å². The average Bonchev–Trinajstić information content (AvgIpc) is 2.46. The number of fused-ring (bicyclic) bond motifs is 1. The molecule has 0 unspecified atom stereocenters. The third-order valence-corrected chi connectivity index (χ3v) is 4.27. The number of aryl methyl sites for hydroxylation is 1. The number of rotatable bonds is 3. The summed E-state index contributed by atoms with van der Waals surface area (Å²) in [7, 11) is -3.79. The standard InChI is InChI=1S/C14H12N4O2S/c1-10-7-9-16-14(17-10)18-21(19,20)12-6-2-4-11-5-3-8-15-13(11)12/h2-9H,1H3,(H,16,17,18). The molecule has 0 aliphatic carbocycles. The highest BCUT2D eigenvalue weighted by molar-refractivity contribution is 7.93. The summed E-state index contributed by atoms with van der Waals surface area (Å²) < 4.78 is 27.4. The molecule has 0 aliphatic heterocycles. The van der Waals surface area contributed by atoms with E-state index in [2.05, 4.69) is 19.7 Å². The van der Waals surface area contributed by atoms with E-state index < -0.39 is 10.0 Å². The van der Waals surface area contributed by atoms with Gasteiger partial charge in [0.25, 0.3) is 10.0 Å². The Kier molecular flexibility index (Phi) is 3.26. The molecule has 3 aromatic rings. The molecule has 0 saturated carbocycles. The first-order chi connectivity index (χ1) is 10.1. The summed E-state index contributed by atoms with van der Waals surface area (Å²) in [5, 5.41) is 0.755. The number of nitrogens with one attached hydrogen (secondary N) is 1. The molecule has 106 valence electrons. The maximum atomic E-state index is 12.5.